The van der Waals surface area contributed by atoms with E-state index in [2.05, 4.69) is 138 Å². The molecule has 0 saturated carbocycles. The average molecular weight is 732 g/mol. The number of anilines is 3. The van der Waals surface area contributed by atoms with Crippen LogP contribution in [0.5, 0.6) is 0 Å². The molecule has 1 aliphatic rings. The van der Waals surface area contributed by atoms with E-state index in [1.165, 1.54) is 27.8 Å². The van der Waals surface area contributed by atoms with Crippen LogP contribution in [0.2, 0.25) is 0 Å². The van der Waals surface area contributed by atoms with Gasteiger partial charge in [-0.05, 0) is 105 Å². The van der Waals surface area contributed by atoms with Gasteiger partial charge < -0.3 is 9.47 Å². The number of hydrogen-bond acceptors (Lipinski definition) is 1. The number of fused-ring (bicyclic) bond motifs is 6. The highest BCUT2D eigenvalue weighted by atomic mass is 15.1. The van der Waals surface area contributed by atoms with Gasteiger partial charge in [-0.2, -0.15) is 0 Å². The zero-order valence-electron chi connectivity index (χ0n) is 35.9. The number of benzene rings is 9. The third-order valence-corrected chi connectivity index (χ3v) is 11.6. The SMILES string of the molecule is [2H]c1c([2H])c([2H])c(N(c2ccc(-c3ccccc3)cc2)c2ccc3c4cc(C5(c6ccccc6)c6ccccc6-c6ccccc65)ccc4n(-c4ccccc4)c3c2)c([2H])c1[2H]. The molecule has 0 atom stereocenters. The maximum Gasteiger partial charge on any atom is 0.0713 e. The van der Waals surface area contributed by atoms with E-state index in [0.717, 1.165) is 44.2 Å². The molecule has 0 saturated heterocycles. The lowest BCUT2D eigenvalue weighted by Crippen LogP contribution is -2.28. The second kappa shape index (κ2) is 13.4. The van der Waals surface area contributed by atoms with Crippen LogP contribution in [0, 0.1) is 0 Å². The van der Waals surface area contributed by atoms with Gasteiger partial charge in [0.1, 0.15) is 0 Å². The summed E-state index contributed by atoms with van der Waals surface area (Å²) in [6, 6.07) is 67.9. The van der Waals surface area contributed by atoms with Gasteiger partial charge in [0.05, 0.1) is 23.3 Å². The van der Waals surface area contributed by atoms with Crippen LogP contribution in [0.3, 0.4) is 0 Å². The van der Waals surface area contributed by atoms with Crippen molar-refractivity contribution in [3.63, 3.8) is 0 Å². The summed E-state index contributed by atoms with van der Waals surface area (Å²) >= 11 is 0. The van der Waals surface area contributed by atoms with Crippen LogP contribution in [-0.2, 0) is 5.41 Å². The fraction of sp³-hybridized carbons (Fsp3) is 0.0182. The third-order valence-electron chi connectivity index (χ3n) is 11.6. The molecule has 0 amide bonds. The average Bonchev–Trinajstić information content (AvgIpc) is 3.82. The van der Waals surface area contributed by atoms with Crippen LogP contribution in [0.1, 0.15) is 29.1 Å². The van der Waals surface area contributed by atoms with Gasteiger partial charge in [-0.15, -0.1) is 0 Å². The molecule has 0 aliphatic heterocycles. The highest BCUT2D eigenvalue weighted by molar-refractivity contribution is 6.11. The van der Waals surface area contributed by atoms with E-state index < -0.39 is 11.5 Å². The summed E-state index contributed by atoms with van der Waals surface area (Å²) in [5.41, 5.74) is 13.1. The van der Waals surface area contributed by atoms with Crippen molar-refractivity contribution in [3.05, 3.63) is 253 Å². The molecule has 0 unspecified atom stereocenters. The molecular weight excluding hydrogens is 689 g/mol. The second-order valence-electron chi connectivity index (χ2n) is 14.5. The molecule has 11 rings (SSSR count). The number of hydrogen-bond donors (Lipinski definition) is 0. The van der Waals surface area contributed by atoms with E-state index >= 15 is 0 Å². The van der Waals surface area contributed by atoms with E-state index in [4.69, 9.17) is 6.85 Å². The number of nitrogens with zero attached hydrogens (tertiary/aromatic N) is 2. The Morgan fingerprint density at radius 2 is 0.982 bits per heavy atom. The molecule has 10 aromatic rings. The largest absolute Gasteiger partial charge is 0.310 e. The summed E-state index contributed by atoms with van der Waals surface area (Å²) in [4.78, 5) is 1.80. The Kier molecular flexibility index (Phi) is 6.60. The van der Waals surface area contributed by atoms with Crippen LogP contribution in [0.15, 0.2) is 230 Å². The van der Waals surface area contributed by atoms with Gasteiger partial charge in [-0.1, -0.05) is 170 Å². The molecule has 1 aliphatic carbocycles. The minimum absolute atomic E-state index is 0.0795. The minimum Gasteiger partial charge on any atom is -0.310 e. The first-order valence-corrected chi connectivity index (χ1v) is 19.3. The molecule has 2 nitrogen and oxygen atoms in total. The smallest absolute Gasteiger partial charge is 0.0713 e. The maximum atomic E-state index is 9.15. The normalized spacial score (nSPS) is 13.9. The molecule has 2 heteroatoms. The van der Waals surface area contributed by atoms with Crippen LogP contribution in [-0.4, -0.2) is 4.57 Å². The molecule has 268 valence electrons. The first kappa shape index (κ1) is 28.1. The van der Waals surface area contributed by atoms with Crippen LogP contribution < -0.4 is 4.90 Å². The topological polar surface area (TPSA) is 8.17 Å². The Bertz CT molecular complexity index is 3270. The van der Waals surface area contributed by atoms with Crippen molar-refractivity contribution in [2.75, 3.05) is 4.90 Å². The summed E-state index contributed by atoms with van der Waals surface area (Å²) in [5.74, 6) is 0. The summed E-state index contributed by atoms with van der Waals surface area (Å²) in [7, 11) is 0. The zero-order valence-corrected chi connectivity index (χ0v) is 30.9. The van der Waals surface area contributed by atoms with Crippen molar-refractivity contribution in [1.82, 2.24) is 4.57 Å². The zero-order chi connectivity index (χ0) is 42.1. The molecular formula is C55H38N2. The highest BCUT2D eigenvalue weighted by Gasteiger charge is 2.46. The van der Waals surface area contributed by atoms with E-state index in [1.54, 1.807) is 4.90 Å². The van der Waals surface area contributed by atoms with Gasteiger partial charge in [0, 0.05) is 33.5 Å². The van der Waals surface area contributed by atoms with E-state index in [0.29, 0.717) is 11.4 Å². The van der Waals surface area contributed by atoms with Crippen LogP contribution in [0.25, 0.3) is 49.7 Å². The first-order chi connectivity index (χ1) is 30.4. The Balaban J connectivity index is 1.18. The highest BCUT2D eigenvalue weighted by Crippen LogP contribution is 2.56. The lowest BCUT2D eigenvalue weighted by atomic mass is 9.67. The van der Waals surface area contributed by atoms with Crippen molar-refractivity contribution in [3.8, 4) is 27.9 Å². The maximum absolute atomic E-state index is 9.15. The minimum atomic E-state index is -0.576. The molecule has 9 aromatic carbocycles. The molecule has 0 fully saturated rings. The van der Waals surface area contributed by atoms with Crippen molar-refractivity contribution in [2.45, 2.75) is 5.41 Å². The van der Waals surface area contributed by atoms with Crippen molar-refractivity contribution in [2.24, 2.45) is 0 Å². The monoisotopic (exact) mass is 731 g/mol. The van der Waals surface area contributed by atoms with E-state index in [-0.39, 0.29) is 29.9 Å². The van der Waals surface area contributed by atoms with Crippen molar-refractivity contribution in [1.29, 1.82) is 0 Å². The van der Waals surface area contributed by atoms with Gasteiger partial charge in [-0.3, -0.25) is 0 Å². The number of para-hydroxylation sites is 2. The van der Waals surface area contributed by atoms with Crippen molar-refractivity contribution < 1.29 is 6.85 Å². The van der Waals surface area contributed by atoms with Gasteiger partial charge >= 0.3 is 0 Å². The van der Waals surface area contributed by atoms with E-state index in [1.807, 2.05) is 66.7 Å². The Morgan fingerprint density at radius 1 is 0.404 bits per heavy atom. The molecule has 0 spiro atoms. The third kappa shape index (κ3) is 5.18. The van der Waals surface area contributed by atoms with Gasteiger partial charge in [0.2, 0.25) is 0 Å². The fourth-order valence-electron chi connectivity index (χ4n) is 9.14. The summed E-state index contributed by atoms with van der Waals surface area (Å²) in [6.45, 7) is 0. The Labute approximate surface area is 340 Å². The van der Waals surface area contributed by atoms with Crippen LogP contribution >= 0.6 is 0 Å². The Morgan fingerprint density at radius 3 is 1.67 bits per heavy atom. The summed E-state index contributed by atoms with van der Waals surface area (Å²) in [6.07, 6.45) is 0. The van der Waals surface area contributed by atoms with Gasteiger partial charge in [-0.25, -0.2) is 0 Å². The second-order valence-corrected chi connectivity index (χ2v) is 14.5. The first-order valence-electron chi connectivity index (χ1n) is 21.8. The molecule has 0 radical (unpaired) electrons. The lowest BCUT2D eigenvalue weighted by Gasteiger charge is -2.34. The van der Waals surface area contributed by atoms with Gasteiger partial charge in [0.15, 0.2) is 0 Å². The predicted molar refractivity (Wildman–Crippen MR) is 238 cm³/mol. The molecule has 57 heavy (non-hydrogen) atoms. The van der Waals surface area contributed by atoms with Crippen molar-refractivity contribution >= 4 is 38.9 Å². The fourth-order valence-corrected chi connectivity index (χ4v) is 9.14. The van der Waals surface area contributed by atoms with E-state index in [9.17, 15) is 0 Å². The summed E-state index contributed by atoms with van der Waals surface area (Å²) in [5, 5.41) is 2.10. The van der Waals surface area contributed by atoms with Crippen LogP contribution in [0.4, 0.5) is 17.1 Å². The summed E-state index contributed by atoms with van der Waals surface area (Å²) < 4.78 is 46.3. The lowest BCUT2D eigenvalue weighted by molar-refractivity contribution is 0.770. The Hall–Kier alpha value is -7.42. The standard InChI is InChI=1S/C55H38N2/c1-5-17-39(18-6-1)40-29-32-45(33-30-40)56(43-21-9-3-10-22-43)46-34-35-49-50-37-42(31-36-53(50)57(54(49)38-46)44-23-11-4-12-24-44)55(41-19-7-2-8-20-41)51-27-15-13-25-47(51)48-26-14-16-28-52(48)55/h1-38H/i3D,9D,10D,21D,22D. The predicted octanol–water partition coefficient (Wildman–Crippen LogP) is 14.3. The molecule has 0 N–H and O–H groups in total. The molecule has 0 bridgehead atoms. The number of rotatable bonds is 7. The molecule has 1 heterocycles. The van der Waals surface area contributed by atoms with Gasteiger partial charge in [0.25, 0.3) is 0 Å². The quantitative estimate of drug-likeness (QED) is 0.158. The molecule has 1 aromatic heterocycles. The number of aromatic nitrogens is 1.